The van der Waals surface area contributed by atoms with Crippen molar-refractivity contribution >= 4 is 52.4 Å². The van der Waals surface area contributed by atoms with E-state index in [1.165, 1.54) is 0 Å². The molecule has 2 aromatic rings. The Morgan fingerprint density at radius 1 is 1.03 bits per heavy atom. The predicted molar refractivity (Wildman–Crippen MR) is 123 cm³/mol. The van der Waals surface area contributed by atoms with Gasteiger partial charge in [-0.2, -0.15) is 0 Å². The zero-order valence-electron chi connectivity index (χ0n) is 17.3. The van der Waals surface area contributed by atoms with E-state index in [0.717, 1.165) is 17.5 Å². The van der Waals surface area contributed by atoms with Gasteiger partial charge in [-0.3, -0.25) is 19.8 Å². The van der Waals surface area contributed by atoms with E-state index >= 15 is 0 Å². The molecule has 1 atom stereocenters. The molecular formula is C22H24Cl2N4O3. The SMILES string of the molecule is Cc1ccc(NC(=O)NC(=O)CN2CCCC2C(=O)Nc2cc(Cl)ccc2Cl)c(C)c1. The summed E-state index contributed by atoms with van der Waals surface area (Å²) in [6.45, 7) is 4.35. The Kier molecular flexibility index (Phi) is 7.54. The van der Waals surface area contributed by atoms with Crippen LogP contribution in [-0.2, 0) is 9.59 Å². The maximum absolute atomic E-state index is 12.7. The Morgan fingerprint density at radius 2 is 1.81 bits per heavy atom. The van der Waals surface area contributed by atoms with Crippen LogP contribution in [-0.4, -0.2) is 41.9 Å². The van der Waals surface area contributed by atoms with Crippen molar-refractivity contribution in [1.29, 1.82) is 0 Å². The summed E-state index contributed by atoms with van der Waals surface area (Å²) in [5.41, 5.74) is 3.03. The molecule has 2 aromatic carbocycles. The molecule has 1 fully saturated rings. The number of hydrogen-bond donors (Lipinski definition) is 3. The highest BCUT2D eigenvalue weighted by molar-refractivity contribution is 6.35. The second kappa shape index (κ2) is 10.1. The smallest absolute Gasteiger partial charge is 0.323 e. The Bertz CT molecular complexity index is 1010. The number of hydrogen-bond acceptors (Lipinski definition) is 4. The topological polar surface area (TPSA) is 90.5 Å². The summed E-state index contributed by atoms with van der Waals surface area (Å²) in [4.78, 5) is 39.0. The molecule has 1 saturated heterocycles. The number of imide groups is 1. The van der Waals surface area contributed by atoms with Gasteiger partial charge in [0.25, 0.3) is 0 Å². The van der Waals surface area contributed by atoms with Crippen molar-refractivity contribution in [3.8, 4) is 0 Å². The second-order valence-corrected chi connectivity index (χ2v) is 8.41. The molecule has 3 rings (SSSR count). The minimum Gasteiger partial charge on any atom is -0.323 e. The Labute approximate surface area is 191 Å². The van der Waals surface area contributed by atoms with Gasteiger partial charge in [-0.1, -0.05) is 40.9 Å². The molecule has 1 unspecified atom stereocenters. The zero-order valence-corrected chi connectivity index (χ0v) is 18.8. The molecule has 1 aliphatic heterocycles. The van der Waals surface area contributed by atoms with Crippen molar-refractivity contribution in [2.24, 2.45) is 0 Å². The first-order valence-corrected chi connectivity index (χ1v) is 10.7. The molecule has 7 nitrogen and oxygen atoms in total. The minimum atomic E-state index is -0.608. The number of anilines is 2. The molecule has 0 bridgehead atoms. The zero-order chi connectivity index (χ0) is 22.5. The Hall–Kier alpha value is -2.61. The maximum Gasteiger partial charge on any atom is 0.325 e. The van der Waals surface area contributed by atoms with Gasteiger partial charge >= 0.3 is 6.03 Å². The maximum atomic E-state index is 12.7. The summed E-state index contributed by atoms with van der Waals surface area (Å²) in [6.07, 6.45) is 1.37. The summed E-state index contributed by atoms with van der Waals surface area (Å²) >= 11 is 12.1. The fraction of sp³-hybridized carbons (Fsp3) is 0.318. The van der Waals surface area contributed by atoms with E-state index < -0.39 is 18.0 Å². The first kappa shape index (κ1) is 23.1. The summed E-state index contributed by atoms with van der Waals surface area (Å²) < 4.78 is 0. The van der Waals surface area contributed by atoms with Crippen LogP contribution in [0.25, 0.3) is 0 Å². The lowest BCUT2D eigenvalue weighted by Crippen LogP contribution is -2.46. The van der Waals surface area contributed by atoms with Crippen LogP contribution in [0, 0.1) is 13.8 Å². The van der Waals surface area contributed by atoms with Crippen LogP contribution in [0.3, 0.4) is 0 Å². The van der Waals surface area contributed by atoms with Gasteiger partial charge in [-0.15, -0.1) is 0 Å². The molecule has 0 saturated carbocycles. The standard InChI is InChI=1S/C22H24Cl2N4O3/c1-13-5-8-17(14(2)10-13)26-22(31)27-20(29)12-28-9-3-4-19(28)21(30)25-18-11-15(23)6-7-16(18)24/h5-8,10-11,19H,3-4,9,12H2,1-2H3,(H,25,30)(H2,26,27,29,31). The van der Waals surface area contributed by atoms with E-state index in [9.17, 15) is 14.4 Å². The number of amides is 4. The van der Waals surface area contributed by atoms with Crippen LogP contribution >= 0.6 is 23.2 Å². The normalized spacial score (nSPS) is 16.1. The second-order valence-electron chi connectivity index (χ2n) is 7.56. The molecule has 9 heteroatoms. The average Bonchev–Trinajstić information content (AvgIpc) is 3.15. The van der Waals surface area contributed by atoms with Crippen LogP contribution in [0.2, 0.25) is 10.0 Å². The monoisotopic (exact) mass is 462 g/mol. The largest absolute Gasteiger partial charge is 0.325 e. The number of likely N-dealkylation sites (tertiary alicyclic amines) is 1. The number of carbonyl (C=O) groups excluding carboxylic acids is 3. The van der Waals surface area contributed by atoms with Gasteiger partial charge in [0.2, 0.25) is 11.8 Å². The number of nitrogens with one attached hydrogen (secondary N) is 3. The van der Waals surface area contributed by atoms with Crippen molar-refractivity contribution in [2.75, 3.05) is 23.7 Å². The third kappa shape index (κ3) is 6.19. The van der Waals surface area contributed by atoms with Crippen molar-refractivity contribution in [1.82, 2.24) is 10.2 Å². The number of aryl methyl sites for hydroxylation is 2. The van der Waals surface area contributed by atoms with Crippen LogP contribution in [0.4, 0.5) is 16.2 Å². The van der Waals surface area contributed by atoms with Crippen molar-refractivity contribution < 1.29 is 14.4 Å². The Balaban J connectivity index is 1.55. The van der Waals surface area contributed by atoms with Crippen molar-refractivity contribution in [2.45, 2.75) is 32.7 Å². The van der Waals surface area contributed by atoms with Gasteiger partial charge in [-0.05, 0) is 63.1 Å². The Morgan fingerprint density at radius 3 is 2.55 bits per heavy atom. The lowest BCUT2D eigenvalue weighted by atomic mass is 10.1. The van der Waals surface area contributed by atoms with E-state index in [4.69, 9.17) is 23.2 Å². The van der Waals surface area contributed by atoms with Crippen molar-refractivity contribution in [3.63, 3.8) is 0 Å². The van der Waals surface area contributed by atoms with E-state index in [2.05, 4.69) is 16.0 Å². The number of carbonyl (C=O) groups is 3. The van der Waals surface area contributed by atoms with Gasteiger partial charge in [0, 0.05) is 10.7 Å². The van der Waals surface area contributed by atoms with Crippen LogP contribution in [0.5, 0.6) is 0 Å². The lowest BCUT2D eigenvalue weighted by molar-refractivity contribution is -0.124. The third-order valence-electron chi connectivity index (χ3n) is 5.08. The third-order valence-corrected chi connectivity index (χ3v) is 5.65. The van der Waals surface area contributed by atoms with Gasteiger partial charge < -0.3 is 10.6 Å². The van der Waals surface area contributed by atoms with Crippen LogP contribution < -0.4 is 16.0 Å². The fourth-order valence-corrected chi connectivity index (χ4v) is 3.92. The molecule has 0 radical (unpaired) electrons. The summed E-state index contributed by atoms with van der Waals surface area (Å²) in [5.74, 6) is -0.753. The highest BCUT2D eigenvalue weighted by Crippen LogP contribution is 2.27. The summed E-state index contributed by atoms with van der Waals surface area (Å²) in [7, 11) is 0. The van der Waals surface area contributed by atoms with Gasteiger partial charge in [0.05, 0.1) is 23.3 Å². The van der Waals surface area contributed by atoms with E-state index in [1.807, 2.05) is 26.0 Å². The van der Waals surface area contributed by atoms with E-state index in [-0.39, 0.29) is 12.5 Å². The van der Waals surface area contributed by atoms with Gasteiger partial charge in [0.15, 0.2) is 0 Å². The van der Waals surface area contributed by atoms with Gasteiger partial charge in [-0.25, -0.2) is 4.79 Å². The molecule has 1 heterocycles. The number of rotatable bonds is 5. The van der Waals surface area contributed by atoms with Crippen LogP contribution in [0.15, 0.2) is 36.4 Å². The molecule has 4 amide bonds. The first-order chi connectivity index (χ1) is 14.7. The molecule has 3 N–H and O–H groups in total. The van der Waals surface area contributed by atoms with E-state index in [1.54, 1.807) is 29.2 Å². The summed E-state index contributed by atoms with van der Waals surface area (Å²) in [5, 5.41) is 8.60. The molecular weight excluding hydrogens is 439 g/mol. The number of nitrogens with zero attached hydrogens (tertiary/aromatic N) is 1. The summed E-state index contributed by atoms with van der Waals surface area (Å²) in [6, 6.07) is 9.32. The molecule has 0 aliphatic carbocycles. The molecule has 0 spiro atoms. The minimum absolute atomic E-state index is 0.0678. The lowest BCUT2D eigenvalue weighted by Gasteiger charge is -2.23. The van der Waals surface area contributed by atoms with Crippen molar-refractivity contribution in [3.05, 3.63) is 57.6 Å². The molecule has 164 valence electrons. The molecule has 0 aromatic heterocycles. The van der Waals surface area contributed by atoms with Gasteiger partial charge in [0.1, 0.15) is 0 Å². The predicted octanol–water partition coefficient (Wildman–Crippen LogP) is 4.36. The molecule has 31 heavy (non-hydrogen) atoms. The fourth-order valence-electron chi connectivity index (χ4n) is 3.58. The molecule has 1 aliphatic rings. The van der Waals surface area contributed by atoms with Crippen LogP contribution in [0.1, 0.15) is 24.0 Å². The first-order valence-electron chi connectivity index (χ1n) is 9.91. The average molecular weight is 463 g/mol. The number of halogens is 2. The number of urea groups is 1. The number of benzene rings is 2. The quantitative estimate of drug-likeness (QED) is 0.615. The highest BCUT2D eigenvalue weighted by Gasteiger charge is 2.32. The van der Waals surface area contributed by atoms with E-state index in [0.29, 0.717) is 34.4 Å². The highest BCUT2D eigenvalue weighted by atomic mass is 35.5.